The van der Waals surface area contributed by atoms with E-state index in [1.54, 1.807) is 16.9 Å². The van der Waals surface area contributed by atoms with Crippen molar-refractivity contribution in [1.29, 1.82) is 0 Å². The first kappa shape index (κ1) is 17.6. The predicted molar refractivity (Wildman–Crippen MR) is 85.7 cm³/mol. The van der Waals surface area contributed by atoms with Crippen molar-refractivity contribution < 1.29 is 13.8 Å². The fraction of sp³-hybridized carbons (Fsp3) is 0.769. The molecular weight excluding hydrogens is 291 g/mol. The standard InChI is InChI=1S/C13H27N2O3PSi/c1-6-18-19(16,7-2)13-8-9-14-15(13)12-17-10-11-20(3,4)5/h8-9H,6-7,10-12H2,1-5H3. The molecule has 1 aromatic heterocycles. The van der Waals surface area contributed by atoms with Crippen molar-refractivity contribution in [3.63, 3.8) is 0 Å². The van der Waals surface area contributed by atoms with Crippen LogP contribution in [-0.4, -0.2) is 37.2 Å². The van der Waals surface area contributed by atoms with Gasteiger partial charge in [-0.05, 0) is 19.0 Å². The molecule has 1 rings (SSSR count). The van der Waals surface area contributed by atoms with E-state index in [2.05, 4.69) is 24.7 Å². The molecule has 20 heavy (non-hydrogen) atoms. The molecule has 0 aliphatic rings. The Morgan fingerprint density at radius 1 is 1.35 bits per heavy atom. The van der Waals surface area contributed by atoms with Crippen LogP contribution in [0.15, 0.2) is 12.3 Å². The average molecular weight is 318 g/mol. The van der Waals surface area contributed by atoms with Crippen LogP contribution in [0.1, 0.15) is 13.8 Å². The van der Waals surface area contributed by atoms with E-state index < -0.39 is 15.4 Å². The number of nitrogens with zero attached hydrogens (tertiary/aromatic N) is 2. The van der Waals surface area contributed by atoms with Crippen molar-refractivity contribution in [1.82, 2.24) is 9.78 Å². The minimum Gasteiger partial charge on any atom is -0.360 e. The monoisotopic (exact) mass is 318 g/mol. The summed E-state index contributed by atoms with van der Waals surface area (Å²) in [4.78, 5) is 0. The minimum absolute atomic E-state index is 0.337. The number of ether oxygens (including phenoxy) is 1. The van der Waals surface area contributed by atoms with Gasteiger partial charge in [0, 0.05) is 27.0 Å². The van der Waals surface area contributed by atoms with Gasteiger partial charge in [-0.25, -0.2) is 4.68 Å². The number of rotatable bonds is 9. The lowest BCUT2D eigenvalue weighted by molar-refractivity contribution is 0.0804. The maximum absolute atomic E-state index is 12.7. The van der Waals surface area contributed by atoms with E-state index >= 15 is 0 Å². The second-order valence-corrected chi connectivity index (χ2v) is 14.3. The van der Waals surface area contributed by atoms with Gasteiger partial charge >= 0.3 is 0 Å². The third kappa shape index (κ3) is 5.17. The zero-order valence-corrected chi connectivity index (χ0v) is 15.2. The molecule has 0 spiro atoms. The maximum atomic E-state index is 12.7. The predicted octanol–water partition coefficient (Wildman–Crippen LogP) is 3.16. The van der Waals surface area contributed by atoms with Gasteiger partial charge in [-0.2, -0.15) is 5.10 Å². The van der Waals surface area contributed by atoms with Gasteiger partial charge in [-0.3, -0.25) is 4.57 Å². The molecule has 5 nitrogen and oxygen atoms in total. The fourth-order valence-corrected chi connectivity index (χ4v) is 4.34. The Bertz CT molecular complexity index is 457. The lowest BCUT2D eigenvalue weighted by atomic mass is 10.7. The molecule has 0 aromatic carbocycles. The Morgan fingerprint density at radius 2 is 2.05 bits per heavy atom. The molecule has 1 atom stereocenters. The SMILES string of the molecule is CCOP(=O)(CC)c1ccnn1COCC[Si](C)(C)C. The van der Waals surface area contributed by atoms with Gasteiger partial charge in [-0.15, -0.1) is 0 Å². The first-order valence-electron chi connectivity index (χ1n) is 7.16. The Balaban J connectivity index is 2.65. The molecule has 7 heteroatoms. The van der Waals surface area contributed by atoms with E-state index in [0.717, 1.165) is 12.7 Å². The zero-order valence-electron chi connectivity index (χ0n) is 13.3. The third-order valence-corrected chi connectivity index (χ3v) is 7.30. The highest BCUT2D eigenvalue weighted by atomic mass is 31.2. The summed E-state index contributed by atoms with van der Waals surface area (Å²) in [6.45, 7) is 12.2. The smallest absolute Gasteiger partial charge is 0.249 e. The molecule has 0 aliphatic heterocycles. The highest BCUT2D eigenvalue weighted by Gasteiger charge is 2.27. The van der Waals surface area contributed by atoms with Crippen molar-refractivity contribution >= 4 is 20.9 Å². The van der Waals surface area contributed by atoms with Crippen LogP contribution in [0.3, 0.4) is 0 Å². The molecule has 1 aromatic rings. The highest BCUT2D eigenvalue weighted by molar-refractivity contribution is 7.66. The Labute approximate surface area is 123 Å². The van der Waals surface area contributed by atoms with Crippen LogP contribution < -0.4 is 5.44 Å². The van der Waals surface area contributed by atoms with Crippen LogP contribution in [0.25, 0.3) is 0 Å². The van der Waals surface area contributed by atoms with Gasteiger partial charge in [-0.1, -0.05) is 26.6 Å². The molecule has 0 saturated carbocycles. The van der Waals surface area contributed by atoms with Crippen molar-refractivity contribution in [2.45, 2.75) is 46.3 Å². The summed E-state index contributed by atoms with van der Waals surface area (Å²) in [5.74, 6) is 0. The normalized spacial score (nSPS) is 15.2. The first-order valence-corrected chi connectivity index (χ1v) is 12.7. The van der Waals surface area contributed by atoms with Crippen molar-refractivity contribution in [2.24, 2.45) is 0 Å². The lowest BCUT2D eigenvalue weighted by Crippen LogP contribution is -2.25. The molecule has 0 radical (unpaired) electrons. The second-order valence-electron chi connectivity index (χ2n) is 5.94. The third-order valence-electron chi connectivity index (χ3n) is 3.01. The van der Waals surface area contributed by atoms with Gasteiger partial charge in [0.15, 0.2) is 0 Å². The van der Waals surface area contributed by atoms with E-state index in [-0.39, 0.29) is 0 Å². The van der Waals surface area contributed by atoms with E-state index in [1.807, 2.05) is 13.8 Å². The average Bonchev–Trinajstić information content (AvgIpc) is 2.82. The van der Waals surface area contributed by atoms with Gasteiger partial charge in [0.25, 0.3) is 0 Å². The molecule has 0 aliphatic carbocycles. The molecule has 0 fully saturated rings. The summed E-state index contributed by atoms with van der Waals surface area (Å²) in [7, 11) is -3.88. The van der Waals surface area contributed by atoms with E-state index in [9.17, 15) is 4.57 Å². The lowest BCUT2D eigenvalue weighted by Gasteiger charge is -2.18. The largest absolute Gasteiger partial charge is 0.360 e. The summed E-state index contributed by atoms with van der Waals surface area (Å²) in [6, 6.07) is 2.88. The maximum Gasteiger partial charge on any atom is 0.249 e. The van der Waals surface area contributed by atoms with E-state index in [1.165, 1.54) is 0 Å². The van der Waals surface area contributed by atoms with E-state index in [4.69, 9.17) is 9.26 Å². The van der Waals surface area contributed by atoms with Crippen LogP contribution >= 0.6 is 7.37 Å². The first-order chi connectivity index (χ1) is 9.32. The van der Waals surface area contributed by atoms with Crippen LogP contribution in [0.5, 0.6) is 0 Å². The minimum atomic E-state index is -2.79. The quantitative estimate of drug-likeness (QED) is 0.399. The van der Waals surface area contributed by atoms with Crippen molar-refractivity contribution in [2.75, 3.05) is 19.4 Å². The van der Waals surface area contributed by atoms with Crippen molar-refractivity contribution in [3.8, 4) is 0 Å². The molecule has 0 N–H and O–H groups in total. The van der Waals surface area contributed by atoms with Crippen LogP contribution in [-0.2, 0) is 20.6 Å². The number of aromatic nitrogens is 2. The molecule has 0 bridgehead atoms. The number of hydrogen-bond donors (Lipinski definition) is 0. The van der Waals surface area contributed by atoms with Crippen LogP contribution in [0.4, 0.5) is 0 Å². The molecule has 1 unspecified atom stereocenters. The van der Waals surface area contributed by atoms with Crippen LogP contribution in [0, 0.1) is 0 Å². The molecular formula is C13H27N2O3PSi. The number of hydrogen-bond acceptors (Lipinski definition) is 4. The topological polar surface area (TPSA) is 53.3 Å². The summed E-state index contributed by atoms with van der Waals surface area (Å²) in [5.41, 5.74) is 0.648. The van der Waals surface area contributed by atoms with Gasteiger partial charge in [0.2, 0.25) is 7.37 Å². The van der Waals surface area contributed by atoms with Gasteiger partial charge in [0.1, 0.15) is 12.2 Å². The summed E-state index contributed by atoms with van der Waals surface area (Å²) >= 11 is 0. The van der Waals surface area contributed by atoms with Crippen molar-refractivity contribution in [3.05, 3.63) is 12.3 Å². The molecule has 0 saturated heterocycles. The highest BCUT2D eigenvalue weighted by Crippen LogP contribution is 2.44. The molecule has 0 amide bonds. The van der Waals surface area contributed by atoms with Crippen LogP contribution in [0.2, 0.25) is 25.7 Å². The van der Waals surface area contributed by atoms with Gasteiger partial charge in [0.05, 0.1) is 6.61 Å². The fourth-order valence-electron chi connectivity index (χ4n) is 1.77. The summed E-state index contributed by atoms with van der Waals surface area (Å²) in [6.07, 6.45) is 2.12. The Kier molecular flexibility index (Phi) is 6.65. The second kappa shape index (κ2) is 7.55. The molecule has 116 valence electrons. The van der Waals surface area contributed by atoms with Gasteiger partial charge < -0.3 is 9.26 Å². The zero-order chi connectivity index (χ0) is 15.2. The molecule has 1 heterocycles. The summed E-state index contributed by atoms with van der Waals surface area (Å²) in [5, 5.41) is 4.20. The Hall–Kier alpha value is -0.423. The summed E-state index contributed by atoms with van der Waals surface area (Å²) < 4.78 is 25.5. The Morgan fingerprint density at radius 3 is 2.60 bits per heavy atom. The van der Waals surface area contributed by atoms with E-state index in [0.29, 0.717) is 24.9 Å².